The molecule has 0 spiro atoms. The summed E-state index contributed by atoms with van der Waals surface area (Å²) >= 11 is 0. The molecular weight excluding hydrogens is 408 g/mol. The van der Waals surface area contributed by atoms with Gasteiger partial charge in [-0.2, -0.15) is 8.42 Å². The van der Waals surface area contributed by atoms with Crippen molar-refractivity contribution in [1.29, 1.82) is 0 Å². The van der Waals surface area contributed by atoms with Crippen LogP contribution in [0.4, 0.5) is 0 Å². The van der Waals surface area contributed by atoms with Crippen LogP contribution in [-0.4, -0.2) is 31.9 Å². The van der Waals surface area contributed by atoms with Crippen LogP contribution < -0.4 is 0 Å². The van der Waals surface area contributed by atoms with Gasteiger partial charge in [0.2, 0.25) is 0 Å². The second kappa shape index (κ2) is 9.25. The summed E-state index contributed by atoms with van der Waals surface area (Å²) in [5.74, 6) is 5.13. The first-order chi connectivity index (χ1) is 14.7. The van der Waals surface area contributed by atoms with E-state index in [4.69, 9.17) is 9.29 Å². The third-order valence-electron chi connectivity index (χ3n) is 10.8. The van der Waals surface area contributed by atoms with E-state index in [1.807, 2.05) is 0 Å². The lowest BCUT2D eigenvalue weighted by Crippen LogP contribution is -2.53. The minimum Gasteiger partial charge on any atom is -0.380 e. The summed E-state index contributed by atoms with van der Waals surface area (Å²) in [7, 11) is -3.91. The van der Waals surface area contributed by atoms with E-state index in [1.165, 1.54) is 64.2 Å². The van der Waals surface area contributed by atoms with Crippen molar-refractivity contribution in [2.75, 3.05) is 19.0 Å². The Hall–Kier alpha value is -0.130. The van der Waals surface area contributed by atoms with Crippen LogP contribution in [0, 0.1) is 46.3 Å². The van der Waals surface area contributed by atoms with Crippen molar-refractivity contribution < 1.29 is 17.7 Å². The van der Waals surface area contributed by atoms with E-state index in [0.717, 1.165) is 42.4 Å². The maximum atomic E-state index is 10.8. The van der Waals surface area contributed by atoms with Gasteiger partial charge in [0.25, 0.3) is 10.1 Å². The standard InChI is InChI=1S/C26H46O4S/c1-19(7-6-16-30-17-18-31(27,28)29)22-11-12-23-21-10-9-20-8-4-5-14-25(20,2)24(21)13-15-26(22,23)3/h19-24H,4-18H2,1-3H3,(H,27,28,29)/t19?,20?,21?,22?,23?,24?,25-,26?/m0/s1. The fraction of sp³-hybridized carbons (Fsp3) is 1.00. The first-order valence-electron chi connectivity index (χ1n) is 13.2. The van der Waals surface area contributed by atoms with Gasteiger partial charge >= 0.3 is 0 Å². The number of hydrogen-bond donors (Lipinski definition) is 1. The van der Waals surface area contributed by atoms with Crippen LogP contribution in [0.25, 0.3) is 0 Å². The summed E-state index contributed by atoms with van der Waals surface area (Å²) in [5, 5.41) is 0. The summed E-state index contributed by atoms with van der Waals surface area (Å²) < 4.78 is 35.8. The third kappa shape index (κ3) is 4.75. The van der Waals surface area contributed by atoms with E-state index < -0.39 is 10.1 Å². The van der Waals surface area contributed by atoms with Crippen molar-refractivity contribution in [1.82, 2.24) is 0 Å². The van der Waals surface area contributed by atoms with Crippen molar-refractivity contribution in [3.63, 3.8) is 0 Å². The molecule has 0 aromatic rings. The van der Waals surface area contributed by atoms with Gasteiger partial charge in [0.05, 0.1) is 12.4 Å². The predicted molar refractivity (Wildman–Crippen MR) is 125 cm³/mol. The maximum Gasteiger partial charge on any atom is 0.267 e. The van der Waals surface area contributed by atoms with Crippen LogP contribution in [-0.2, 0) is 14.9 Å². The van der Waals surface area contributed by atoms with Gasteiger partial charge in [-0.3, -0.25) is 4.55 Å². The van der Waals surface area contributed by atoms with Crippen molar-refractivity contribution >= 4 is 10.1 Å². The van der Waals surface area contributed by atoms with E-state index in [0.29, 0.717) is 23.4 Å². The van der Waals surface area contributed by atoms with Gasteiger partial charge in [-0.15, -0.1) is 0 Å². The van der Waals surface area contributed by atoms with Crippen LogP contribution >= 0.6 is 0 Å². The SMILES string of the molecule is CC(CCCOCCS(=O)(=O)O)C1CCC2C3CCC4CCCC[C@]4(C)C3CCC12C. The molecule has 0 aromatic carbocycles. The summed E-state index contributed by atoms with van der Waals surface area (Å²) in [5.41, 5.74) is 1.15. The second-order valence-electron chi connectivity index (χ2n) is 12.1. The summed E-state index contributed by atoms with van der Waals surface area (Å²) in [6.07, 6.45) is 16.8. The molecule has 0 amide bonds. The highest BCUT2D eigenvalue weighted by Crippen LogP contribution is 2.68. The maximum absolute atomic E-state index is 10.8. The van der Waals surface area contributed by atoms with Gasteiger partial charge in [-0.05, 0) is 111 Å². The minimum absolute atomic E-state index is 0.0965. The molecule has 4 aliphatic rings. The first-order valence-corrected chi connectivity index (χ1v) is 14.8. The molecule has 4 aliphatic carbocycles. The highest BCUT2D eigenvalue weighted by atomic mass is 32.2. The molecular formula is C26H46O4S. The molecule has 0 saturated heterocycles. The van der Waals surface area contributed by atoms with E-state index >= 15 is 0 Å². The Bertz CT molecular complexity index is 721. The van der Waals surface area contributed by atoms with Gasteiger partial charge in [0, 0.05) is 6.61 Å². The van der Waals surface area contributed by atoms with Crippen LogP contribution in [0.2, 0.25) is 0 Å². The number of fused-ring (bicyclic) bond motifs is 5. The molecule has 1 N–H and O–H groups in total. The molecule has 4 nitrogen and oxygen atoms in total. The third-order valence-corrected chi connectivity index (χ3v) is 11.5. The highest BCUT2D eigenvalue weighted by molar-refractivity contribution is 7.85. The molecule has 0 radical (unpaired) electrons. The molecule has 8 atom stereocenters. The molecule has 4 rings (SSSR count). The minimum atomic E-state index is -3.91. The van der Waals surface area contributed by atoms with Crippen LogP contribution in [0.5, 0.6) is 0 Å². The molecule has 7 unspecified atom stereocenters. The molecule has 31 heavy (non-hydrogen) atoms. The average molecular weight is 455 g/mol. The molecule has 0 bridgehead atoms. The fourth-order valence-electron chi connectivity index (χ4n) is 9.25. The molecule has 4 saturated carbocycles. The monoisotopic (exact) mass is 454 g/mol. The Kier molecular flexibility index (Phi) is 7.17. The zero-order valence-electron chi connectivity index (χ0n) is 20.2. The summed E-state index contributed by atoms with van der Waals surface area (Å²) in [6.45, 7) is 8.45. The van der Waals surface area contributed by atoms with Crippen LogP contribution in [0.3, 0.4) is 0 Å². The molecule has 5 heteroatoms. The lowest BCUT2D eigenvalue weighted by atomic mass is 9.44. The predicted octanol–water partition coefficient (Wildman–Crippen LogP) is 6.36. The van der Waals surface area contributed by atoms with E-state index in [2.05, 4.69) is 20.8 Å². The summed E-state index contributed by atoms with van der Waals surface area (Å²) in [4.78, 5) is 0. The van der Waals surface area contributed by atoms with Crippen LogP contribution in [0.15, 0.2) is 0 Å². The van der Waals surface area contributed by atoms with E-state index in [1.54, 1.807) is 0 Å². The Morgan fingerprint density at radius 2 is 1.71 bits per heavy atom. The number of ether oxygens (including phenoxy) is 1. The first kappa shape index (κ1) is 24.0. The Morgan fingerprint density at radius 3 is 2.48 bits per heavy atom. The van der Waals surface area contributed by atoms with Crippen molar-refractivity contribution in [2.45, 2.75) is 97.8 Å². The Labute approximate surface area is 191 Å². The topological polar surface area (TPSA) is 63.6 Å². The largest absolute Gasteiger partial charge is 0.380 e. The quantitative estimate of drug-likeness (QED) is 0.342. The van der Waals surface area contributed by atoms with Gasteiger partial charge in [-0.1, -0.05) is 33.6 Å². The van der Waals surface area contributed by atoms with Gasteiger partial charge in [0.15, 0.2) is 0 Å². The van der Waals surface area contributed by atoms with Crippen LogP contribution in [0.1, 0.15) is 97.8 Å². The number of hydrogen-bond acceptors (Lipinski definition) is 3. The number of rotatable bonds is 8. The molecule has 4 fully saturated rings. The highest BCUT2D eigenvalue weighted by Gasteiger charge is 2.59. The molecule has 0 heterocycles. The van der Waals surface area contributed by atoms with Crippen molar-refractivity contribution in [2.24, 2.45) is 46.3 Å². The Morgan fingerprint density at radius 1 is 0.935 bits per heavy atom. The Balaban J connectivity index is 1.32. The lowest BCUT2D eigenvalue weighted by molar-refractivity contribution is -0.114. The van der Waals surface area contributed by atoms with Gasteiger partial charge in [-0.25, -0.2) is 0 Å². The van der Waals surface area contributed by atoms with E-state index in [-0.39, 0.29) is 12.4 Å². The normalized spacial score (nSPS) is 43.7. The average Bonchev–Trinajstić information content (AvgIpc) is 3.06. The molecule has 0 aromatic heterocycles. The van der Waals surface area contributed by atoms with Gasteiger partial charge in [0.1, 0.15) is 0 Å². The molecule has 180 valence electrons. The van der Waals surface area contributed by atoms with Crippen molar-refractivity contribution in [3.8, 4) is 0 Å². The lowest BCUT2D eigenvalue weighted by Gasteiger charge is -2.61. The van der Waals surface area contributed by atoms with E-state index in [9.17, 15) is 8.42 Å². The summed E-state index contributed by atoms with van der Waals surface area (Å²) in [6, 6.07) is 0. The smallest absolute Gasteiger partial charge is 0.267 e. The zero-order chi connectivity index (χ0) is 22.3. The second-order valence-corrected chi connectivity index (χ2v) is 13.7. The van der Waals surface area contributed by atoms with Crippen molar-refractivity contribution in [3.05, 3.63) is 0 Å². The zero-order valence-corrected chi connectivity index (χ0v) is 21.0. The van der Waals surface area contributed by atoms with Gasteiger partial charge < -0.3 is 4.74 Å². The fourth-order valence-corrected chi connectivity index (χ4v) is 9.57. The molecule has 0 aliphatic heterocycles.